The van der Waals surface area contributed by atoms with Crippen molar-refractivity contribution in [3.05, 3.63) is 71.3 Å². The predicted octanol–water partition coefficient (Wildman–Crippen LogP) is 2.60. The molecule has 0 spiro atoms. The molecule has 2 aliphatic heterocycles. The summed E-state index contributed by atoms with van der Waals surface area (Å²) in [5.41, 5.74) is 7.88. The zero-order valence-electron chi connectivity index (χ0n) is 15.1. The number of nitrogens with one attached hydrogen (secondary N) is 1. The van der Waals surface area contributed by atoms with Crippen molar-refractivity contribution < 1.29 is 4.79 Å². The van der Waals surface area contributed by atoms with E-state index in [0.717, 1.165) is 37.5 Å². The SMILES string of the molecule is CCC(=O)N1CCN(C2NN=C(c3ccccc3)c3ccccc32)CC1. The number of carbonyl (C=O) groups is 1. The molecule has 5 heteroatoms. The van der Waals surface area contributed by atoms with Gasteiger partial charge in [-0.05, 0) is 5.56 Å². The molecule has 134 valence electrons. The summed E-state index contributed by atoms with van der Waals surface area (Å²) in [6, 6.07) is 18.7. The number of hydrazone groups is 1. The van der Waals surface area contributed by atoms with Crippen molar-refractivity contribution in [3.8, 4) is 0 Å². The lowest BCUT2D eigenvalue weighted by molar-refractivity contribution is -0.133. The maximum atomic E-state index is 11.9. The standard InChI is InChI=1S/C21H24N4O/c1-2-19(26)24-12-14-25(15-13-24)21-18-11-7-6-10-17(18)20(22-23-21)16-8-4-3-5-9-16/h3-11,21,23H,2,12-15H2,1H3. The first kappa shape index (κ1) is 16.8. The highest BCUT2D eigenvalue weighted by atomic mass is 16.2. The van der Waals surface area contributed by atoms with E-state index < -0.39 is 0 Å². The third kappa shape index (κ3) is 3.10. The van der Waals surface area contributed by atoms with E-state index in [1.54, 1.807) is 0 Å². The molecular weight excluding hydrogens is 324 g/mol. The van der Waals surface area contributed by atoms with Crippen LogP contribution >= 0.6 is 0 Å². The second-order valence-electron chi connectivity index (χ2n) is 6.72. The molecule has 5 nitrogen and oxygen atoms in total. The Hall–Kier alpha value is -2.66. The Morgan fingerprint density at radius 3 is 2.46 bits per heavy atom. The first-order chi connectivity index (χ1) is 12.8. The van der Waals surface area contributed by atoms with Crippen LogP contribution in [0.2, 0.25) is 0 Å². The molecule has 1 saturated heterocycles. The molecule has 2 aromatic carbocycles. The molecule has 1 amide bonds. The van der Waals surface area contributed by atoms with E-state index in [9.17, 15) is 4.79 Å². The Bertz CT molecular complexity index is 810. The van der Waals surface area contributed by atoms with E-state index >= 15 is 0 Å². The molecule has 0 aromatic heterocycles. The molecule has 1 unspecified atom stereocenters. The highest BCUT2D eigenvalue weighted by Crippen LogP contribution is 2.28. The smallest absolute Gasteiger partial charge is 0.222 e. The summed E-state index contributed by atoms with van der Waals surface area (Å²) in [5, 5.41) is 4.71. The van der Waals surface area contributed by atoms with E-state index in [1.165, 1.54) is 11.1 Å². The third-order valence-electron chi connectivity index (χ3n) is 5.19. The van der Waals surface area contributed by atoms with Gasteiger partial charge in [0.15, 0.2) is 0 Å². The molecule has 2 heterocycles. The fourth-order valence-electron chi connectivity index (χ4n) is 3.75. The quantitative estimate of drug-likeness (QED) is 0.927. The molecule has 0 radical (unpaired) electrons. The molecule has 0 aliphatic carbocycles. The number of rotatable bonds is 3. The van der Waals surface area contributed by atoms with Gasteiger partial charge in [0.25, 0.3) is 0 Å². The molecule has 2 aliphatic rings. The molecule has 0 saturated carbocycles. The molecule has 0 bridgehead atoms. The fraction of sp³-hybridized carbons (Fsp3) is 0.333. The lowest BCUT2D eigenvalue weighted by Gasteiger charge is -2.41. The minimum atomic E-state index is 0.0533. The summed E-state index contributed by atoms with van der Waals surface area (Å²) in [6.07, 6.45) is 0.632. The van der Waals surface area contributed by atoms with Gasteiger partial charge in [0.05, 0.1) is 5.71 Å². The number of hydrogen-bond acceptors (Lipinski definition) is 4. The fourth-order valence-corrected chi connectivity index (χ4v) is 3.75. The highest BCUT2D eigenvalue weighted by Gasteiger charge is 2.30. The van der Waals surface area contributed by atoms with Crippen molar-refractivity contribution in [1.29, 1.82) is 0 Å². The summed E-state index contributed by atoms with van der Waals surface area (Å²) in [6.45, 7) is 5.19. The van der Waals surface area contributed by atoms with Gasteiger partial charge in [0.1, 0.15) is 6.17 Å². The van der Waals surface area contributed by atoms with Crippen LogP contribution in [-0.2, 0) is 4.79 Å². The minimum absolute atomic E-state index is 0.0533. The Kier molecular flexibility index (Phi) is 4.71. The molecule has 1 atom stereocenters. The van der Waals surface area contributed by atoms with E-state index in [-0.39, 0.29) is 12.1 Å². The average molecular weight is 348 g/mol. The van der Waals surface area contributed by atoms with Gasteiger partial charge in [-0.1, -0.05) is 61.5 Å². The molecular formula is C21H24N4O. The monoisotopic (exact) mass is 348 g/mol. The van der Waals surface area contributed by atoms with E-state index in [0.29, 0.717) is 6.42 Å². The van der Waals surface area contributed by atoms with Gasteiger partial charge >= 0.3 is 0 Å². The van der Waals surface area contributed by atoms with Crippen LogP contribution in [0.3, 0.4) is 0 Å². The molecule has 1 N–H and O–H groups in total. The van der Waals surface area contributed by atoms with Crippen molar-refractivity contribution in [3.63, 3.8) is 0 Å². The van der Waals surface area contributed by atoms with Crippen LogP contribution in [0.4, 0.5) is 0 Å². The number of fused-ring (bicyclic) bond motifs is 1. The minimum Gasteiger partial charge on any atom is -0.340 e. The highest BCUT2D eigenvalue weighted by molar-refractivity contribution is 6.14. The number of nitrogens with zero attached hydrogens (tertiary/aromatic N) is 3. The van der Waals surface area contributed by atoms with Crippen LogP contribution in [0.5, 0.6) is 0 Å². The molecule has 26 heavy (non-hydrogen) atoms. The maximum Gasteiger partial charge on any atom is 0.222 e. The van der Waals surface area contributed by atoms with Gasteiger partial charge in [0.2, 0.25) is 5.91 Å². The lowest BCUT2D eigenvalue weighted by Crippen LogP contribution is -2.52. The zero-order chi connectivity index (χ0) is 17.9. The normalized spacial score (nSPS) is 20.1. The van der Waals surface area contributed by atoms with Gasteiger partial charge in [0, 0.05) is 43.7 Å². The van der Waals surface area contributed by atoms with E-state index in [4.69, 9.17) is 5.10 Å². The van der Waals surface area contributed by atoms with Crippen LogP contribution in [0.25, 0.3) is 0 Å². The van der Waals surface area contributed by atoms with Crippen molar-refractivity contribution in [2.24, 2.45) is 5.10 Å². The van der Waals surface area contributed by atoms with Crippen molar-refractivity contribution >= 4 is 11.6 Å². The topological polar surface area (TPSA) is 47.9 Å². The van der Waals surface area contributed by atoms with E-state index in [1.807, 2.05) is 30.0 Å². The number of hydrogen-bond donors (Lipinski definition) is 1. The van der Waals surface area contributed by atoms with Gasteiger partial charge < -0.3 is 4.90 Å². The second kappa shape index (κ2) is 7.30. The molecule has 1 fully saturated rings. The number of carbonyl (C=O) groups excluding carboxylic acids is 1. The number of benzene rings is 2. The van der Waals surface area contributed by atoms with Gasteiger partial charge in [-0.15, -0.1) is 0 Å². The average Bonchev–Trinajstić information content (AvgIpc) is 2.73. The maximum absolute atomic E-state index is 11.9. The van der Waals surface area contributed by atoms with Crippen LogP contribution in [0, 0.1) is 0 Å². The lowest BCUT2D eigenvalue weighted by atomic mass is 9.94. The Morgan fingerprint density at radius 1 is 1.04 bits per heavy atom. The van der Waals surface area contributed by atoms with Crippen molar-refractivity contribution in [2.45, 2.75) is 19.5 Å². The molecule has 2 aromatic rings. The van der Waals surface area contributed by atoms with Gasteiger partial charge in [-0.25, -0.2) is 0 Å². The molecule has 4 rings (SSSR count). The van der Waals surface area contributed by atoms with Crippen LogP contribution in [0.1, 0.15) is 36.2 Å². The summed E-state index contributed by atoms with van der Waals surface area (Å²) < 4.78 is 0. The Morgan fingerprint density at radius 2 is 1.73 bits per heavy atom. The summed E-state index contributed by atoms with van der Waals surface area (Å²) in [4.78, 5) is 16.3. The second-order valence-corrected chi connectivity index (χ2v) is 6.72. The summed E-state index contributed by atoms with van der Waals surface area (Å²) >= 11 is 0. The van der Waals surface area contributed by atoms with Crippen LogP contribution in [-0.4, -0.2) is 47.6 Å². The van der Waals surface area contributed by atoms with E-state index in [2.05, 4.69) is 46.7 Å². The summed E-state index contributed by atoms with van der Waals surface area (Å²) in [7, 11) is 0. The Balaban J connectivity index is 1.57. The number of amides is 1. The largest absolute Gasteiger partial charge is 0.340 e. The van der Waals surface area contributed by atoms with Gasteiger partial charge in [-0.3, -0.25) is 15.1 Å². The first-order valence-corrected chi connectivity index (χ1v) is 9.27. The van der Waals surface area contributed by atoms with Crippen molar-refractivity contribution in [1.82, 2.24) is 15.2 Å². The Labute approximate surface area is 154 Å². The predicted molar refractivity (Wildman–Crippen MR) is 103 cm³/mol. The third-order valence-corrected chi connectivity index (χ3v) is 5.19. The summed E-state index contributed by atoms with van der Waals surface area (Å²) in [5.74, 6) is 0.242. The van der Waals surface area contributed by atoms with Crippen LogP contribution in [0.15, 0.2) is 59.7 Å². The first-order valence-electron chi connectivity index (χ1n) is 9.27. The zero-order valence-corrected chi connectivity index (χ0v) is 15.1. The van der Waals surface area contributed by atoms with Gasteiger partial charge in [-0.2, -0.15) is 5.10 Å². The van der Waals surface area contributed by atoms with Crippen LogP contribution < -0.4 is 5.43 Å². The number of piperazine rings is 1. The van der Waals surface area contributed by atoms with Crippen molar-refractivity contribution in [2.75, 3.05) is 26.2 Å².